The number of carbonyl (C=O) groups is 1. The van der Waals surface area contributed by atoms with Crippen LogP contribution in [0.15, 0.2) is 70.3 Å². The summed E-state index contributed by atoms with van der Waals surface area (Å²) in [7, 11) is 0. The molecular formula is C29H29N5OS. The van der Waals surface area contributed by atoms with Gasteiger partial charge in [-0.2, -0.15) is 15.1 Å². The molecule has 7 heteroatoms. The van der Waals surface area contributed by atoms with Gasteiger partial charge in [0.1, 0.15) is 5.04 Å². The average molecular weight is 496 g/mol. The van der Waals surface area contributed by atoms with Crippen LogP contribution >= 0.6 is 11.8 Å². The number of aryl methyl sites for hydroxylation is 2. The second-order valence-electron chi connectivity index (χ2n) is 9.30. The lowest BCUT2D eigenvalue weighted by molar-refractivity contribution is -0.114. The van der Waals surface area contributed by atoms with E-state index in [2.05, 4.69) is 59.7 Å². The summed E-state index contributed by atoms with van der Waals surface area (Å²) < 4.78 is 2.18. The standard InChI is InChI=1S/C29H29N5OS/c1-6-17(2)21-11-13-23(14-12-21)33-19(4)15-22(20(33)5)16-25-26(30)34-29(31-27(25)35)36-28(32-34)24-10-8-7-9-18(24)3/h7-17,30H,6H2,1-5H3/b25-16-,30-26?. The maximum Gasteiger partial charge on any atom is 0.283 e. The summed E-state index contributed by atoms with van der Waals surface area (Å²) in [5.74, 6) is 0.157. The highest BCUT2D eigenvalue weighted by Gasteiger charge is 2.36. The van der Waals surface area contributed by atoms with Gasteiger partial charge < -0.3 is 4.57 Å². The highest BCUT2D eigenvalue weighted by atomic mass is 32.2. The summed E-state index contributed by atoms with van der Waals surface area (Å²) in [5, 5.41) is 16.0. The van der Waals surface area contributed by atoms with Crippen molar-refractivity contribution in [3.8, 4) is 5.69 Å². The number of amidine groups is 2. The van der Waals surface area contributed by atoms with Crippen molar-refractivity contribution >= 4 is 39.8 Å². The molecule has 2 aromatic carbocycles. The molecule has 36 heavy (non-hydrogen) atoms. The molecular weight excluding hydrogens is 466 g/mol. The number of benzene rings is 2. The molecule has 1 N–H and O–H groups in total. The molecule has 5 rings (SSSR count). The summed E-state index contributed by atoms with van der Waals surface area (Å²) in [4.78, 5) is 17.2. The predicted molar refractivity (Wildman–Crippen MR) is 149 cm³/mol. The molecule has 3 aromatic rings. The lowest BCUT2D eigenvalue weighted by Crippen LogP contribution is -2.35. The van der Waals surface area contributed by atoms with Crippen molar-refractivity contribution in [3.05, 3.63) is 93.8 Å². The Balaban J connectivity index is 1.48. The highest BCUT2D eigenvalue weighted by molar-refractivity contribution is 8.27. The number of rotatable bonds is 5. The number of hydrogen-bond acceptors (Lipinski definition) is 4. The minimum atomic E-state index is -0.414. The first-order valence-electron chi connectivity index (χ1n) is 12.1. The van der Waals surface area contributed by atoms with Crippen molar-refractivity contribution in [1.29, 1.82) is 5.41 Å². The molecule has 0 radical (unpaired) electrons. The van der Waals surface area contributed by atoms with Gasteiger partial charge in [0.05, 0.1) is 5.57 Å². The van der Waals surface area contributed by atoms with Crippen LogP contribution in [0.2, 0.25) is 0 Å². The van der Waals surface area contributed by atoms with Crippen LogP contribution in [-0.4, -0.2) is 31.5 Å². The summed E-state index contributed by atoms with van der Waals surface area (Å²) in [6.07, 6.45) is 2.87. The summed E-state index contributed by atoms with van der Waals surface area (Å²) in [6, 6.07) is 18.7. The van der Waals surface area contributed by atoms with Gasteiger partial charge in [0.15, 0.2) is 5.84 Å². The van der Waals surface area contributed by atoms with Crippen LogP contribution in [-0.2, 0) is 4.79 Å². The van der Waals surface area contributed by atoms with E-state index in [0.29, 0.717) is 11.1 Å². The van der Waals surface area contributed by atoms with Gasteiger partial charge in [0.25, 0.3) is 5.91 Å². The quantitative estimate of drug-likeness (QED) is 0.406. The molecule has 0 spiro atoms. The van der Waals surface area contributed by atoms with Crippen molar-refractivity contribution in [2.24, 2.45) is 10.1 Å². The van der Waals surface area contributed by atoms with Crippen LogP contribution in [0.5, 0.6) is 0 Å². The van der Waals surface area contributed by atoms with E-state index in [1.807, 2.05) is 44.2 Å². The summed E-state index contributed by atoms with van der Waals surface area (Å²) >= 11 is 1.32. The van der Waals surface area contributed by atoms with Gasteiger partial charge in [-0.25, -0.2) is 0 Å². The zero-order chi connectivity index (χ0) is 25.6. The Morgan fingerprint density at radius 2 is 1.81 bits per heavy atom. The lowest BCUT2D eigenvalue weighted by Gasteiger charge is -2.20. The Kier molecular flexibility index (Phi) is 6.26. The fourth-order valence-corrected chi connectivity index (χ4v) is 5.57. The number of nitrogens with zero attached hydrogens (tertiary/aromatic N) is 4. The maximum atomic E-state index is 13.0. The lowest BCUT2D eigenvalue weighted by atomic mass is 9.98. The third-order valence-electron chi connectivity index (χ3n) is 6.93. The molecule has 6 nitrogen and oxygen atoms in total. The topological polar surface area (TPSA) is 73.8 Å². The fourth-order valence-electron chi connectivity index (χ4n) is 4.59. The van der Waals surface area contributed by atoms with E-state index in [1.165, 1.54) is 22.3 Å². The van der Waals surface area contributed by atoms with Crippen LogP contribution in [0, 0.1) is 26.2 Å². The molecule has 0 fully saturated rings. The minimum absolute atomic E-state index is 0.0452. The van der Waals surface area contributed by atoms with Crippen LogP contribution in [0.25, 0.3) is 11.8 Å². The normalized spacial score (nSPS) is 17.4. The number of fused-ring (bicyclic) bond motifs is 1. The smallest absolute Gasteiger partial charge is 0.283 e. The molecule has 1 aromatic heterocycles. The number of amides is 1. The Morgan fingerprint density at radius 1 is 1.08 bits per heavy atom. The van der Waals surface area contributed by atoms with E-state index in [4.69, 9.17) is 5.41 Å². The number of hydrogen-bond donors (Lipinski definition) is 1. The zero-order valence-corrected chi connectivity index (χ0v) is 22.0. The van der Waals surface area contributed by atoms with Gasteiger partial charge >= 0.3 is 0 Å². The maximum absolute atomic E-state index is 13.0. The third kappa shape index (κ3) is 4.13. The number of thioether (sulfide) groups is 1. The van der Waals surface area contributed by atoms with Crippen molar-refractivity contribution in [1.82, 2.24) is 9.58 Å². The second-order valence-corrected chi connectivity index (χ2v) is 10.3. The third-order valence-corrected chi connectivity index (χ3v) is 7.87. The Labute approximate surface area is 215 Å². The van der Waals surface area contributed by atoms with Crippen molar-refractivity contribution in [2.75, 3.05) is 0 Å². The molecule has 0 aliphatic carbocycles. The van der Waals surface area contributed by atoms with Crippen molar-refractivity contribution in [3.63, 3.8) is 0 Å². The van der Waals surface area contributed by atoms with E-state index in [1.54, 1.807) is 6.08 Å². The van der Waals surface area contributed by atoms with Gasteiger partial charge in [-0.05, 0) is 85.8 Å². The van der Waals surface area contributed by atoms with Gasteiger partial charge in [-0.3, -0.25) is 10.2 Å². The Morgan fingerprint density at radius 3 is 2.50 bits per heavy atom. The molecule has 2 aliphatic heterocycles. The van der Waals surface area contributed by atoms with Gasteiger partial charge in [0.2, 0.25) is 5.17 Å². The minimum Gasteiger partial charge on any atom is -0.318 e. The number of carbonyl (C=O) groups excluding carboxylic acids is 1. The fraction of sp³-hybridized carbons (Fsp3) is 0.241. The molecule has 0 saturated heterocycles. The number of nitrogens with one attached hydrogen (secondary N) is 1. The zero-order valence-electron chi connectivity index (χ0n) is 21.2. The van der Waals surface area contributed by atoms with E-state index in [-0.39, 0.29) is 11.4 Å². The molecule has 3 heterocycles. The average Bonchev–Trinajstić information content (AvgIpc) is 3.41. The summed E-state index contributed by atoms with van der Waals surface area (Å²) in [6.45, 7) is 10.5. The molecule has 1 amide bonds. The molecule has 0 saturated carbocycles. The predicted octanol–water partition coefficient (Wildman–Crippen LogP) is 6.58. The van der Waals surface area contributed by atoms with E-state index in [0.717, 1.165) is 45.2 Å². The Bertz CT molecular complexity index is 1480. The first-order valence-corrected chi connectivity index (χ1v) is 13.0. The van der Waals surface area contributed by atoms with E-state index >= 15 is 0 Å². The number of hydrazone groups is 1. The molecule has 182 valence electrons. The van der Waals surface area contributed by atoms with Crippen LogP contribution in [0.4, 0.5) is 0 Å². The largest absolute Gasteiger partial charge is 0.318 e. The molecule has 2 aliphatic rings. The molecule has 1 unspecified atom stereocenters. The first kappa shape index (κ1) is 24.0. The van der Waals surface area contributed by atoms with Crippen LogP contribution in [0.3, 0.4) is 0 Å². The van der Waals surface area contributed by atoms with Gasteiger partial charge in [-0.15, -0.1) is 0 Å². The summed E-state index contributed by atoms with van der Waals surface area (Å²) in [5.41, 5.74) is 7.67. The second kappa shape index (κ2) is 9.39. The molecule has 1 atom stereocenters. The van der Waals surface area contributed by atoms with E-state index in [9.17, 15) is 4.79 Å². The van der Waals surface area contributed by atoms with E-state index < -0.39 is 5.91 Å². The van der Waals surface area contributed by atoms with Gasteiger partial charge in [0, 0.05) is 22.6 Å². The van der Waals surface area contributed by atoms with Crippen LogP contribution in [0.1, 0.15) is 59.8 Å². The SMILES string of the molecule is CCC(C)c1ccc(-n2c(C)cc(/C=C3/C(=N)N4N=C(c5ccccc5C)SC4=NC3=O)c2C)cc1. The van der Waals surface area contributed by atoms with Gasteiger partial charge in [-0.1, -0.05) is 50.2 Å². The van der Waals surface area contributed by atoms with Crippen molar-refractivity contribution in [2.45, 2.75) is 47.0 Å². The first-order chi connectivity index (χ1) is 17.3. The van der Waals surface area contributed by atoms with Crippen LogP contribution < -0.4 is 0 Å². The monoisotopic (exact) mass is 495 g/mol. The number of aliphatic imine (C=N–C) groups is 1. The number of aromatic nitrogens is 1. The Hall–Kier alpha value is -3.71. The molecule has 0 bridgehead atoms. The highest BCUT2D eigenvalue weighted by Crippen LogP contribution is 2.33. The van der Waals surface area contributed by atoms with Crippen molar-refractivity contribution < 1.29 is 4.79 Å².